The monoisotopic (exact) mass is 293 g/mol. The third kappa shape index (κ3) is 3.17. The van der Waals surface area contributed by atoms with Crippen molar-refractivity contribution in [1.82, 2.24) is 15.1 Å². The SMILES string of the molecule is C[C@H]1CN(Cc2nnc(-c3ccc(Cl)cc3)o2)CCO1. The average Bonchev–Trinajstić information content (AvgIpc) is 2.88. The Morgan fingerprint density at radius 3 is 2.85 bits per heavy atom. The summed E-state index contributed by atoms with van der Waals surface area (Å²) in [6.07, 6.45) is 0.252. The highest BCUT2D eigenvalue weighted by Gasteiger charge is 2.19. The van der Waals surface area contributed by atoms with Crippen molar-refractivity contribution in [3.63, 3.8) is 0 Å². The van der Waals surface area contributed by atoms with Gasteiger partial charge in [0.2, 0.25) is 11.8 Å². The predicted molar refractivity (Wildman–Crippen MR) is 75.4 cm³/mol. The first kappa shape index (κ1) is 13.5. The maximum atomic E-state index is 5.86. The van der Waals surface area contributed by atoms with E-state index in [2.05, 4.69) is 22.0 Å². The van der Waals surface area contributed by atoms with Crippen molar-refractivity contribution in [1.29, 1.82) is 0 Å². The highest BCUT2D eigenvalue weighted by molar-refractivity contribution is 6.30. The van der Waals surface area contributed by atoms with Crippen LogP contribution in [0.25, 0.3) is 11.5 Å². The Morgan fingerprint density at radius 2 is 2.10 bits per heavy atom. The second-order valence-corrected chi connectivity index (χ2v) is 5.36. The van der Waals surface area contributed by atoms with Gasteiger partial charge in [-0.1, -0.05) is 11.6 Å². The van der Waals surface area contributed by atoms with Gasteiger partial charge in [-0.25, -0.2) is 0 Å². The van der Waals surface area contributed by atoms with Crippen LogP contribution in [-0.2, 0) is 11.3 Å². The van der Waals surface area contributed by atoms with Gasteiger partial charge in [0, 0.05) is 23.7 Å². The van der Waals surface area contributed by atoms with Crippen LogP contribution in [0.15, 0.2) is 28.7 Å². The number of halogens is 1. The van der Waals surface area contributed by atoms with Gasteiger partial charge in [0.15, 0.2) is 0 Å². The second kappa shape index (κ2) is 5.91. The van der Waals surface area contributed by atoms with Crippen LogP contribution in [0.5, 0.6) is 0 Å². The number of ether oxygens (including phenoxy) is 1. The molecule has 0 amide bonds. The summed E-state index contributed by atoms with van der Waals surface area (Å²) in [6, 6.07) is 7.36. The number of morpholine rings is 1. The van der Waals surface area contributed by atoms with Crippen molar-refractivity contribution in [2.24, 2.45) is 0 Å². The molecule has 1 aliphatic rings. The van der Waals surface area contributed by atoms with E-state index in [0.717, 1.165) is 25.3 Å². The molecule has 2 aromatic rings. The molecule has 0 unspecified atom stereocenters. The van der Waals surface area contributed by atoms with Crippen LogP contribution >= 0.6 is 11.6 Å². The molecule has 106 valence electrons. The van der Waals surface area contributed by atoms with E-state index in [1.807, 2.05) is 24.3 Å². The summed E-state index contributed by atoms with van der Waals surface area (Å²) >= 11 is 5.86. The van der Waals surface area contributed by atoms with E-state index < -0.39 is 0 Å². The molecule has 1 aromatic heterocycles. The molecular formula is C14H16ClN3O2. The second-order valence-electron chi connectivity index (χ2n) is 4.92. The summed E-state index contributed by atoms with van der Waals surface area (Å²) in [5.74, 6) is 1.15. The lowest BCUT2D eigenvalue weighted by Gasteiger charge is -2.29. The van der Waals surface area contributed by atoms with Crippen LogP contribution in [0.1, 0.15) is 12.8 Å². The maximum absolute atomic E-state index is 5.86. The number of aromatic nitrogens is 2. The average molecular weight is 294 g/mol. The molecule has 1 aliphatic heterocycles. The molecule has 3 rings (SSSR count). The van der Waals surface area contributed by atoms with Crippen molar-refractivity contribution in [2.45, 2.75) is 19.6 Å². The van der Waals surface area contributed by atoms with Crippen LogP contribution in [0.2, 0.25) is 5.02 Å². The van der Waals surface area contributed by atoms with Gasteiger partial charge < -0.3 is 9.15 Å². The van der Waals surface area contributed by atoms with Crippen LogP contribution in [0.4, 0.5) is 0 Å². The Labute approximate surface area is 122 Å². The van der Waals surface area contributed by atoms with Crippen LogP contribution < -0.4 is 0 Å². The zero-order chi connectivity index (χ0) is 13.9. The number of hydrogen-bond acceptors (Lipinski definition) is 5. The summed E-state index contributed by atoms with van der Waals surface area (Å²) in [6.45, 7) is 5.26. The largest absolute Gasteiger partial charge is 0.419 e. The number of hydrogen-bond donors (Lipinski definition) is 0. The van der Waals surface area contributed by atoms with Gasteiger partial charge in [-0.3, -0.25) is 4.90 Å². The molecule has 1 aromatic carbocycles. The lowest BCUT2D eigenvalue weighted by atomic mass is 10.2. The Morgan fingerprint density at radius 1 is 1.30 bits per heavy atom. The Bertz CT molecular complexity index is 570. The summed E-state index contributed by atoms with van der Waals surface area (Å²) in [4.78, 5) is 2.26. The van der Waals surface area contributed by atoms with E-state index in [-0.39, 0.29) is 6.10 Å². The normalized spacial score (nSPS) is 20.2. The van der Waals surface area contributed by atoms with Gasteiger partial charge >= 0.3 is 0 Å². The Balaban J connectivity index is 1.69. The maximum Gasteiger partial charge on any atom is 0.247 e. The van der Waals surface area contributed by atoms with Gasteiger partial charge in [0.25, 0.3) is 0 Å². The van der Waals surface area contributed by atoms with Crippen molar-refractivity contribution in [3.8, 4) is 11.5 Å². The zero-order valence-electron chi connectivity index (χ0n) is 11.3. The zero-order valence-corrected chi connectivity index (χ0v) is 12.0. The minimum absolute atomic E-state index is 0.252. The first-order valence-electron chi connectivity index (χ1n) is 6.63. The Hall–Kier alpha value is -1.43. The summed E-state index contributed by atoms with van der Waals surface area (Å²) in [5, 5.41) is 8.88. The molecule has 2 heterocycles. The van der Waals surface area contributed by atoms with Gasteiger partial charge in [-0.15, -0.1) is 10.2 Å². The van der Waals surface area contributed by atoms with E-state index in [4.69, 9.17) is 20.8 Å². The van der Waals surface area contributed by atoms with Gasteiger partial charge in [0.05, 0.1) is 19.3 Å². The first-order valence-corrected chi connectivity index (χ1v) is 7.01. The highest BCUT2D eigenvalue weighted by Crippen LogP contribution is 2.21. The van der Waals surface area contributed by atoms with Gasteiger partial charge in [-0.05, 0) is 31.2 Å². The standard InChI is InChI=1S/C14H16ClN3O2/c1-10-8-18(6-7-19-10)9-13-16-17-14(20-13)11-2-4-12(15)5-3-11/h2-5,10H,6-9H2,1H3/t10-/m0/s1. The van der Waals surface area contributed by atoms with Crippen LogP contribution in [0, 0.1) is 0 Å². The van der Waals surface area contributed by atoms with E-state index in [9.17, 15) is 0 Å². The molecule has 20 heavy (non-hydrogen) atoms. The number of rotatable bonds is 3. The molecule has 1 fully saturated rings. The third-order valence-corrected chi connectivity index (χ3v) is 3.49. The molecule has 5 nitrogen and oxygen atoms in total. The fraction of sp³-hybridized carbons (Fsp3) is 0.429. The first-order chi connectivity index (χ1) is 9.70. The van der Waals surface area contributed by atoms with Gasteiger partial charge in [0.1, 0.15) is 0 Å². The molecule has 0 spiro atoms. The quantitative estimate of drug-likeness (QED) is 0.871. The number of nitrogens with zero attached hydrogens (tertiary/aromatic N) is 3. The third-order valence-electron chi connectivity index (χ3n) is 3.24. The van der Waals surface area contributed by atoms with Crippen molar-refractivity contribution >= 4 is 11.6 Å². The van der Waals surface area contributed by atoms with Crippen molar-refractivity contribution in [2.75, 3.05) is 19.7 Å². The van der Waals surface area contributed by atoms with Gasteiger partial charge in [-0.2, -0.15) is 0 Å². The molecule has 0 N–H and O–H groups in total. The lowest BCUT2D eigenvalue weighted by Crippen LogP contribution is -2.40. The fourth-order valence-electron chi connectivity index (χ4n) is 2.25. The smallest absolute Gasteiger partial charge is 0.247 e. The lowest BCUT2D eigenvalue weighted by molar-refractivity contribution is -0.0235. The molecule has 1 atom stereocenters. The summed E-state index contributed by atoms with van der Waals surface area (Å²) in [7, 11) is 0. The summed E-state index contributed by atoms with van der Waals surface area (Å²) < 4.78 is 11.2. The van der Waals surface area contributed by atoms with Crippen molar-refractivity contribution in [3.05, 3.63) is 35.2 Å². The minimum atomic E-state index is 0.252. The molecule has 0 aliphatic carbocycles. The summed E-state index contributed by atoms with van der Waals surface area (Å²) in [5.41, 5.74) is 0.878. The molecule has 0 radical (unpaired) electrons. The van der Waals surface area contributed by atoms with E-state index in [1.54, 1.807) is 0 Å². The van der Waals surface area contributed by atoms with E-state index in [0.29, 0.717) is 23.3 Å². The topological polar surface area (TPSA) is 51.4 Å². The molecule has 1 saturated heterocycles. The highest BCUT2D eigenvalue weighted by atomic mass is 35.5. The predicted octanol–water partition coefficient (Wildman–Crippen LogP) is 2.61. The Kier molecular flexibility index (Phi) is 4.00. The molecule has 0 saturated carbocycles. The minimum Gasteiger partial charge on any atom is -0.419 e. The van der Waals surface area contributed by atoms with Crippen LogP contribution in [-0.4, -0.2) is 40.9 Å². The fourth-order valence-corrected chi connectivity index (χ4v) is 2.38. The van der Waals surface area contributed by atoms with E-state index in [1.165, 1.54) is 0 Å². The molecule has 0 bridgehead atoms. The molecule has 6 heteroatoms. The van der Waals surface area contributed by atoms with Crippen molar-refractivity contribution < 1.29 is 9.15 Å². The van der Waals surface area contributed by atoms with Crippen LogP contribution in [0.3, 0.4) is 0 Å². The van der Waals surface area contributed by atoms with E-state index >= 15 is 0 Å². The number of benzene rings is 1. The molecular weight excluding hydrogens is 278 g/mol.